The number of aryl methyl sites for hydroxylation is 1. The lowest BCUT2D eigenvalue weighted by molar-refractivity contribution is -0.153. The maximum absolute atomic E-state index is 13.5. The molecule has 0 bridgehead atoms. The van der Waals surface area contributed by atoms with E-state index in [9.17, 15) is 31.1 Å². The largest absolute Gasteiger partial charge is 0.481 e. The highest BCUT2D eigenvalue weighted by molar-refractivity contribution is 5.90. The van der Waals surface area contributed by atoms with E-state index in [4.69, 9.17) is 4.74 Å². The van der Waals surface area contributed by atoms with Crippen LogP contribution >= 0.6 is 0 Å². The van der Waals surface area contributed by atoms with Gasteiger partial charge in [-0.05, 0) is 25.1 Å². The molecule has 0 aliphatic heterocycles. The third kappa shape index (κ3) is 4.06. The molecule has 0 fully saturated rings. The first-order valence-corrected chi connectivity index (χ1v) is 8.42. The zero-order valence-corrected chi connectivity index (χ0v) is 14.9. The topological polar surface area (TPSA) is 44.1 Å². The number of nitrogens with zero attached hydrogens (tertiary/aromatic N) is 2. The monoisotopic (exact) mass is 416 g/mol. The average molecular weight is 416 g/mol. The number of aromatic nitrogens is 2. The molecule has 10 heteroatoms. The Morgan fingerprint density at radius 2 is 1.72 bits per heavy atom. The van der Waals surface area contributed by atoms with Crippen LogP contribution in [0.4, 0.5) is 26.3 Å². The first kappa shape index (κ1) is 20.7. The van der Waals surface area contributed by atoms with Crippen molar-refractivity contribution in [2.45, 2.75) is 25.8 Å². The van der Waals surface area contributed by atoms with Crippen molar-refractivity contribution in [1.29, 1.82) is 0 Å². The summed E-state index contributed by atoms with van der Waals surface area (Å²) >= 11 is 0. The van der Waals surface area contributed by atoms with Gasteiger partial charge in [-0.1, -0.05) is 18.2 Å². The molecule has 0 atom stereocenters. The van der Waals surface area contributed by atoms with E-state index in [1.165, 1.54) is 24.4 Å². The molecule has 0 unspecified atom stereocenters. The number of hydrogen-bond donors (Lipinski definition) is 0. The zero-order chi connectivity index (χ0) is 21.4. The van der Waals surface area contributed by atoms with Crippen molar-refractivity contribution in [1.82, 2.24) is 9.55 Å². The van der Waals surface area contributed by atoms with E-state index in [-0.39, 0.29) is 17.6 Å². The molecule has 154 valence electrons. The van der Waals surface area contributed by atoms with Crippen LogP contribution in [0.15, 0.2) is 47.4 Å². The minimum atomic E-state index is -4.83. The van der Waals surface area contributed by atoms with E-state index in [0.717, 1.165) is 22.8 Å². The SMILES string of the molecule is CCn1c(=O)c(-c2ccccc2C(F)(F)F)c(OCC(F)(F)F)c2ncccc21. The summed E-state index contributed by atoms with van der Waals surface area (Å²) in [5.74, 6) is -0.635. The second-order valence-corrected chi connectivity index (χ2v) is 6.07. The Morgan fingerprint density at radius 3 is 2.34 bits per heavy atom. The average Bonchev–Trinajstić information content (AvgIpc) is 2.64. The van der Waals surface area contributed by atoms with Crippen molar-refractivity contribution >= 4 is 11.0 Å². The number of alkyl halides is 6. The van der Waals surface area contributed by atoms with Crippen LogP contribution in [0.3, 0.4) is 0 Å². The lowest BCUT2D eigenvalue weighted by Crippen LogP contribution is -2.26. The molecule has 0 aliphatic carbocycles. The Morgan fingerprint density at radius 1 is 1.03 bits per heavy atom. The van der Waals surface area contributed by atoms with E-state index in [1.807, 2.05) is 0 Å². The number of rotatable bonds is 4. The van der Waals surface area contributed by atoms with Crippen molar-refractivity contribution in [2.75, 3.05) is 6.61 Å². The van der Waals surface area contributed by atoms with Crippen LogP contribution in [-0.4, -0.2) is 22.3 Å². The molecule has 29 heavy (non-hydrogen) atoms. The summed E-state index contributed by atoms with van der Waals surface area (Å²) in [6.07, 6.45) is -8.34. The lowest BCUT2D eigenvalue weighted by Gasteiger charge is -2.20. The van der Waals surface area contributed by atoms with Gasteiger partial charge in [-0.25, -0.2) is 0 Å². The summed E-state index contributed by atoms with van der Waals surface area (Å²) in [6, 6.07) is 7.06. The predicted molar refractivity (Wildman–Crippen MR) is 93.7 cm³/mol. The molecule has 1 aromatic carbocycles. The van der Waals surface area contributed by atoms with Gasteiger partial charge in [-0.2, -0.15) is 26.3 Å². The molecule has 0 radical (unpaired) electrons. The Balaban J connectivity index is 2.43. The van der Waals surface area contributed by atoms with Crippen molar-refractivity contribution in [2.24, 2.45) is 0 Å². The van der Waals surface area contributed by atoms with Gasteiger partial charge in [-0.15, -0.1) is 0 Å². The van der Waals surface area contributed by atoms with Gasteiger partial charge < -0.3 is 9.30 Å². The predicted octanol–water partition coefficient (Wildman–Crippen LogP) is 5.04. The summed E-state index contributed by atoms with van der Waals surface area (Å²) in [4.78, 5) is 17.0. The van der Waals surface area contributed by atoms with Gasteiger partial charge in [0.05, 0.1) is 16.6 Å². The van der Waals surface area contributed by atoms with Crippen molar-refractivity contribution in [3.8, 4) is 16.9 Å². The molecule has 2 heterocycles. The summed E-state index contributed by atoms with van der Waals surface area (Å²) in [7, 11) is 0. The zero-order valence-electron chi connectivity index (χ0n) is 14.9. The van der Waals surface area contributed by atoms with Gasteiger partial charge in [0.15, 0.2) is 12.4 Å². The summed E-state index contributed by atoms with van der Waals surface area (Å²) in [6.45, 7) is -0.124. The molecule has 0 saturated heterocycles. The molecule has 0 spiro atoms. The van der Waals surface area contributed by atoms with Gasteiger partial charge >= 0.3 is 12.4 Å². The maximum atomic E-state index is 13.5. The molecular formula is C19H14F6N2O2. The van der Waals surface area contributed by atoms with Crippen LogP contribution in [-0.2, 0) is 12.7 Å². The number of pyridine rings is 2. The molecule has 3 aromatic rings. The fourth-order valence-electron chi connectivity index (χ4n) is 3.04. The fraction of sp³-hybridized carbons (Fsp3) is 0.263. The van der Waals surface area contributed by atoms with E-state index in [1.54, 1.807) is 6.92 Å². The number of halogens is 6. The van der Waals surface area contributed by atoms with Crippen molar-refractivity contribution < 1.29 is 31.1 Å². The molecule has 0 aliphatic rings. The maximum Gasteiger partial charge on any atom is 0.422 e. The first-order chi connectivity index (χ1) is 13.5. The minimum Gasteiger partial charge on any atom is -0.481 e. The normalized spacial score (nSPS) is 12.4. The van der Waals surface area contributed by atoms with Crippen LogP contribution in [0.1, 0.15) is 12.5 Å². The summed E-state index contributed by atoms with van der Waals surface area (Å²) in [5, 5.41) is 0. The Labute approximate surface area is 160 Å². The Hall–Kier alpha value is -3.04. The standard InChI is InChI=1S/C19H14F6N2O2/c1-2-27-13-8-5-9-26-15(13)16(29-10-18(20,21)22)14(17(27)28)11-6-3-4-7-12(11)19(23,24)25/h3-9H,2,10H2,1H3. The highest BCUT2D eigenvalue weighted by atomic mass is 19.4. The molecular weight excluding hydrogens is 402 g/mol. The second-order valence-electron chi connectivity index (χ2n) is 6.07. The van der Waals surface area contributed by atoms with E-state index in [0.29, 0.717) is 0 Å². The van der Waals surface area contributed by atoms with Gasteiger partial charge in [0.25, 0.3) is 5.56 Å². The minimum absolute atomic E-state index is 0.0712. The number of fused-ring (bicyclic) bond motifs is 1. The van der Waals surface area contributed by atoms with Crippen molar-refractivity contribution in [3.05, 3.63) is 58.5 Å². The molecule has 2 aromatic heterocycles. The van der Waals surface area contributed by atoms with Gasteiger partial charge in [0, 0.05) is 18.3 Å². The first-order valence-electron chi connectivity index (χ1n) is 8.42. The van der Waals surface area contributed by atoms with Crippen LogP contribution in [0.5, 0.6) is 5.75 Å². The van der Waals surface area contributed by atoms with Crippen LogP contribution in [0.2, 0.25) is 0 Å². The number of hydrogen-bond acceptors (Lipinski definition) is 3. The van der Waals surface area contributed by atoms with Gasteiger partial charge in [0.2, 0.25) is 0 Å². The Bertz CT molecular complexity index is 1100. The molecule has 0 amide bonds. The van der Waals surface area contributed by atoms with Crippen molar-refractivity contribution in [3.63, 3.8) is 0 Å². The van der Waals surface area contributed by atoms with Crippen LogP contribution in [0, 0.1) is 0 Å². The van der Waals surface area contributed by atoms with Crippen LogP contribution in [0.25, 0.3) is 22.2 Å². The summed E-state index contributed by atoms with van der Waals surface area (Å²) in [5.41, 5.74) is -3.23. The third-order valence-corrected chi connectivity index (χ3v) is 4.18. The number of ether oxygens (including phenoxy) is 1. The Kier molecular flexibility index (Phi) is 5.29. The smallest absolute Gasteiger partial charge is 0.422 e. The second kappa shape index (κ2) is 7.41. The fourth-order valence-corrected chi connectivity index (χ4v) is 3.04. The lowest BCUT2D eigenvalue weighted by atomic mass is 9.98. The molecule has 3 rings (SSSR count). The van der Waals surface area contributed by atoms with Gasteiger partial charge in [-0.3, -0.25) is 9.78 Å². The highest BCUT2D eigenvalue weighted by Crippen LogP contribution is 2.41. The molecule has 0 N–H and O–H groups in total. The van der Waals surface area contributed by atoms with E-state index in [2.05, 4.69) is 4.98 Å². The van der Waals surface area contributed by atoms with Gasteiger partial charge in [0.1, 0.15) is 5.52 Å². The van der Waals surface area contributed by atoms with E-state index < -0.39 is 47.0 Å². The highest BCUT2D eigenvalue weighted by Gasteiger charge is 2.36. The third-order valence-electron chi connectivity index (χ3n) is 4.18. The molecule has 0 saturated carbocycles. The quantitative estimate of drug-likeness (QED) is 0.560. The summed E-state index contributed by atoms with van der Waals surface area (Å²) < 4.78 is 84.9. The van der Waals surface area contributed by atoms with E-state index >= 15 is 0 Å². The van der Waals surface area contributed by atoms with Crippen LogP contribution < -0.4 is 10.3 Å². The molecule has 4 nitrogen and oxygen atoms in total. The number of benzene rings is 1.